The summed E-state index contributed by atoms with van der Waals surface area (Å²) in [6.07, 6.45) is 0. The predicted molar refractivity (Wildman–Crippen MR) is 8.69 cm³/mol. The second-order valence-electron chi connectivity index (χ2n) is 0.105. The van der Waals surface area contributed by atoms with Gasteiger partial charge in [-0.3, -0.25) is 4.79 Å². The molecule has 0 heterocycles. The molecule has 0 aromatic rings. The fourth-order valence-corrected chi connectivity index (χ4v) is 0. The van der Waals surface area contributed by atoms with E-state index in [4.69, 9.17) is 9.90 Å². The minimum atomic E-state index is -0.250. The first-order chi connectivity index (χ1) is 1.41. The molecule has 0 radical (unpaired) electrons. The van der Waals surface area contributed by atoms with Crippen LogP contribution >= 0.6 is 0 Å². The van der Waals surface area contributed by atoms with Crippen molar-refractivity contribution in [1.82, 2.24) is 0 Å². The summed E-state index contributed by atoms with van der Waals surface area (Å²) in [6, 6.07) is 0. The fraction of sp³-hybridized carbons (Fsp3) is 0. The van der Waals surface area contributed by atoms with Crippen LogP contribution in [0.2, 0.25) is 0 Å². The van der Waals surface area contributed by atoms with E-state index in [0.717, 1.165) is 0 Å². The van der Waals surface area contributed by atoms with E-state index in [9.17, 15) is 0 Å². The Morgan fingerprint density at radius 3 is 1.60 bits per heavy atom. The maximum Gasteiger partial charge on any atom is 1.00 e. The van der Waals surface area contributed by atoms with Crippen molar-refractivity contribution in [2.45, 2.75) is 0 Å². The zero-order valence-electron chi connectivity index (χ0n) is 2.81. The van der Waals surface area contributed by atoms with E-state index in [1.165, 1.54) is 0 Å². The maximum atomic E-state index is 8.36. The molecule has 0 spiro atoms. The average Bonchev–Trinajstić information content (AvgIpc) is 0.918. The van der Waals surface area contributed by atoms with Gasteiger partial charge in [-0.05, 0) is 0 Å². The Labute approximate surface area is 71.3 Å². The Bertz CT molecular complexity index is 17.1. The first kappa shape index (κ1) is 16.6. The molecule has 0 unspecified atom stereocenters. The van der Waals surface area contributed by atoms with Crippen molar-refractivity contribution < 1.29 is 66.0 Å². The van der Waals surface area contributed by atoms with Crippen LogP contribution in [0.3, 0.4) is 0 Å². The van der Waals surface area contributed by atoms with Gasteiger partial charge in [-0.25, -0.2) is 0 Å². The zero-order chi connectivity index (χ0) is 2.71. The Kier molecular flexibility index (Phi) is 65.7. The van der Waals surface area contributed by atoms with Gasteiger partial charge in [-0.2, -0.15) is 0 Å². The Hall–Kier alpha value is 1.04. The normalized spacial score (nSPS) is 2.40. The molecular formula is CH2FKO2. The first-order valence-corrected chi connectivity index (χ1v) is 0.494. The number of rotatable bonds is 0. The average molecular weight is 104 g/mol. The van der Waals surface area contributed by atoms with Crippen LogP contribution in [0.15, 0.2) is 0 Å². The molecule has 0 rings (SSSR count). The summed E-state index contributed by atoms with van der Waals surface area (Å²) in [5.74, 6) is 0. The van der Waals surface area contributed by atoms with E-state index < -0.39 is 0 Å². The van der Waals surface area contributed by atoms with Crippen molar-refractivity contribution in [3.8, 4) is 0 Å². The van der Waals surface area contributed by atoms with Crippen LogP contribution in [0, 0.1) is 0 Å². The smallest absolute Gasteiger partial charge is 1.00 e. The van der Waals surface area contributed by atoms with Gasteiger partial charge in [0.1, 0.15) is 0 Å². The Morgan fingerprint density at radius 2 is 1.60 bits per heavy atom. The minimum Gasteiger partial charge on any atom is -1.00 e. The van der Waals surface area contributed by atoms with Crippen molar-refractivity contribution in [2.75, 3.05) is 0 Å². The van der Waals surface area contributed by atoms with E-state index >= 15 is 0 Å². The summed E-state index contributed by atoms with van der Waals surface area (Å²) in [7, 11) is 0. The Balaban J connectivity index is -0.0000000200. The Morgan fingerprint density at radius 1 is 1.60 bits per heavy atom. The summed E-state index contributed by atoms with van der Waals surface area (Å²) < 4.78 is 0. The van der Waals surface area contributed by atoms with Crippen LogP contribution in [0.1, 0.15) is 0 Å². The fourth-order valence-electron chi connectivity index (χ4n) is 0. The number of hydrogen-bond donors (Lipinski definition) is 1. The SMILES string of the molecule is O=CO.[F-].[K+]. The van der Waals surface area contributed by atoms with E-state index in [0.29, 0.717) is 0 Å². The number of carbonyl (C=O) groups is 1. The van der Waals surface area contributed by atoms with Gasteiger partial charge in [0.2, 0.25) is 0 Å². The van der Waals surface area contributed by atoms with Crippen molar-refractivity contribution in [3.05, 3.63) is 0 Å². The molecule has 0 aromatic carbocycles. The summed E-state index contributed by atoms with van der Waals surface area (Å²) in [5.41, 5.74) is 0. The van der Waals surface area contributed by atoms with Gasteiger partial charge in [0, 0.05) is 0 Å². The molecule has 0 saturated carbocycles. The van der Waals surface area contributed by atoms with Gasteiger partial charge in [0.25, 0.3) is 6.47 Å². The van der Waals surface area contributed by atoms with E-state index in [1.54, 1.807) is 0 Å². The maximum absolute atomic E-state index is 8.36. The van der Waals surface area contributed by atoms with Crippen LogP contribution in [-0.4, -0.2) is 11.6 Å². The van der Waals surface area contributed by atoms with Crippen LogP contribution in [0.5, 0.6) is 0 Å². The van der Waals surface area contributed by atoms with Crippen LogP contribution in [0.25, 0.3) is 0 Å². The van der Waals surface area contributed by atoms with Gasteiger partial charge >= 0.3 is 51.4 Å². The molecule has 0 bridgehead atoms. The molecule has 26 valence electrons. The third-order valence-electron chi connectivity index (χ3n) is 0. The van der Waals surface area contributed by atoms with Gasteiger partial charge in [-0.15, -0.1) is 0 Å². The van der Waals surface area contributed by atoms with Crippen LogP contribution in [-0.2, 0) is 4.79 Å². The quantitative estimate of drug-likeness (QED) is 0.245. The molecule has 0 aromatic heterocycles. The second kappa shape index (κ2) is 19.8. The van der Waals surface area contributed by atoms with Crippen molar-refractivity contribution in [3.63, 3.8) is 0 Å². The summed E-state index contributed by atoms with van der Waals surface area (Å²) >= 11 is 0. The van der Waals surface area contributed by atoms with Gasteiger partial charge < -0.3 is 9.81 Å². The van der Waals surface area contributed by atoms with Gasteiger partial charge in [0.15, 0.2) is 0 Å². The zero-order valence-corrected chi connectivity index (χ0v) is 5.93. The van der Waals surface area contributed by atoms with Gasteiger partial charge in [0.05, 0.1) is 0 Å². The third-order valence-corrected chi connectivity index (χ3v) is 0. The second-order valence-corrected chi connectivity index (χ2v) is 0.105. The molecule has 5 heavy (non-hydrogen) atoms. The van der Waals surface area contributed by atoms with Crippen LogP contribution in [0.4, 0.5) is 0 Å². The number of halogens is 1. The largest absolute Gasteiger partial charge is 1.00 e. The molecule has 0 aliphatic heterocycles. The molecule has 0 amide bonds. The molecule has 0 aliphatic carbocycles. The van der Waals surface area contributed by atoms with Gasteiger partial charge in [-0.1, -0.05) is 0 Å². The molecule has 0 atom stereocenters. The topological polar surface area (TPSA) is 37.3 Å². The molecule has 0 fully saturated rings. The minimum absolute atomic E-state index is 0. The first-order valence-electron chi connectivity index (χ1n) is 0.494. The third kappa shape index (κ3) is 43.2. The monoisotopic (exact) mass is 104 g/mol. The molecule has 2 nitrogen and oxygen atoms in total. The molecule has 4 heteroatoms. The summed E-state index contributed by atoms with van der Waals surface area (Å²) in [5, 5.41) is 6.89. The van der Waals surface area contributed by atoms with Crippen LogP contribution < -0.4 is 56.1 Å². The summed E-state index contributed by atoms with van der Waals surface area (Å²) in [4.78, 5) is 8.36. The molecule has 0 saturated heterocycles. The van der Waals surface area contributed by atoms with Crippen molar-refractivity contribution in [1.29, 1.82) is 0 Å². The van der Waals surface area contributed by atoms with E-state index in [2.05, 4.69) is 0 Å². The van der Waals surface area contributed by atoms with Crippen molar-refractivity contribution >= 4 is 6.47 Å². The molecule has 1 N–H and O–H groups in total. The number of hydrogen-bond acceptors (Lipinski definition) is 1. The standard InChI is InChI=1S/CH2O2.FH.K/c2-1-3;;/h1H,(H,2,3);1H;/q;;+1/p-1. The predicted octanol–water partition coefficient (Wildman–Crippen LogP) is -6.29. The molecular weight excluding hydrogens is 102 g/mol. The number of carboxylic acid groups (broad SMARTS) is 1. The summed E-state index contributed by atoms with van der Waals surface area (Å²) in [6.45, 7) is -0.250. The molecule has 0 aliphatic rings. The van der Waals surface area contributed by atoms with E-state index in [-0.39, 0.29) is 62.6 Å². The van der Waals surface area contributed by atoms with E-state index in [1.807, 2.05) is 0 Å². The van der Waals surface area contributed by atoms with Crippen molar-refractivity contribution in [2.24, 2.45) is 0 Å².